The van der Waals surface area contributed by atoms with Crippen molar-refractivity contribution >= 4 is 10.8 Å². The van der Waals surface area contributed by atoms with Crippen LogP contribution in [0.1, 0.15) is 11.1 Å². The van der Waals surface area contributed by atoms with Crippen LogP contribution in [0.3, 0.4) is 0 Å². The normalized spacial score (nSPS) is 11.1. The van der Waals surface area contributed by atoms with E-state index in [9.17, 15) is 0 Å². The van der Waals surface area contributed by atoms with E-state index in [0.717, 1.165) is 11.3 Å². The molecule has 0 amide bonds. The largest absolute Gasteiger partial charge is 0.275 e. The van der Waals surface area contributed by atoms with Gasteiger partial charge in [-0.2, -0.15) is 5.10 Å². The van der Waals surface area contributed by atoms with Crippen LogP contribution in [0.25, 0.3) is 22.0 Å². The van der Waals surface area contributed by atoms with Crippen LogP contribution < -0.4 is 0 Å². The smallest absolute Gasteiger partial charge is 0.0739 e. The lowest BCUT2D eigenvalue weighted by molar-refractivity contribution is 0.768. The number of benzene rings is 1. The van der Waals surface area contributed by atoms with Crippen molar-refractivity contribution in [2.24, 2.45) is 7.05 Å². The van der Waals surface area contributed by atoms with Crippen molar-refractivity contribution < 1.29 is 0 Å². The Morgan fingerprint density at radius 1 is 1.06 bits per heavy atom. The summed E-state index contributed by atoms with van der Waals surface area (Å²) in [6.07, 6.45) is 5.78. The fraction of sp³-hybridized carbons (Fsp3) is 0.200. The summed E-state index contributed by atoms with van der Waals surface area (Å²) in [5, 5.41) is 6.64. The van der Waals surface area contributed by atoms with Crippen molar-refractivity contribution in [1.29, 1.82) is 0 Å². The molecule has 3 heteroatoms. The Kier molecular flexibility index (Phi) is 2.40. The molecular formula is C15H15N3. The Bertz CT molecular complexity index is 726. The number of hydrogen-bond donors (Lipinski definition) is 0. The number of aromatic nitrogens is 3. The summed E-state index contributed by atoms with van der Waals surface area (Å²) in [6, 6.07) is 6.52. The Labute approximate surface area is 106 Å². The van der Waals surface area contributed by atoms with E-state index < -0.39 is 0 Å². The molecule has 0 aliphatic heterocycles. The first-order valence-corrected chi connectivity index (χ1v) is 5.99. The zero-order chi connectivity index (χ0) is 12.7. The topological polar surface area (TPSA) is 30.7 Å². The minimum Gasteiger partial charge on any atom is -0.275 e. The lowest BCUT2D eigenvalue weighted by atomic mass is 10.0. The molecule has 1 aromatic carbocycles. The van der Waals surface area contributed by atoms with Crippen molar-refractivity contribution in [2.45, 2.75) is 13.8 Å². The molecule has 0 N–H and O–H groups in total. The molecule has 2 heterocycles. The van der Waals surface area contributed by atoms with Crippen LogP contribution in [0.15, 0.2) is 36.8 Å². The zero-order valence-electron chi connectivity index (χ0n) is 10.8. The van der Waals surface area contributed by atoms with Gasteiger partial charge in [-0.1, -0.05) is 17.7 Å². The van der Waals surface area contributed by atoms with Crippen LogP contribution in [-0.4, -0.2) is 14.8 Å². The predicted octanol–water partition coefficient (Wildman–Crippen LogP) is 3.25. The number of pyridine rings is 1. The second-order valence-corrected chi connectivity index (χ2v) is 4.78. The fourth-order valence-electron chi connectivity index (χ4n) is 2.34. The highest BCUT2D eigenvalue weighted by molar-refractivity contribution is 5.88. The molecule has 0 radical (unpaired) electrons. The first-order chi connectivity index (χ1) is 8.63. The zero-order valence-corrected chi connectivity index (χ0v) is 10.8. The molecule has 0 bridgehead atoms. The lowest BCUT2D eigenvalue weighted by Crippen LogP contribution is -1.87. The maximum atomic E-state index is 4.53. The van der Waals surface area contributed by atoms with Crippen LogP contribution in [0, 0.1) is 13.8 Å². The first-order valence-electron chi connectivity index (χ1n) is 5.99. The van der Waals surface area contributed by atoms with Gasteiger partial charge in [0.2, 0.25) is 0 Å². The van der Waals surface area contributed by atoms with E-state index in [4.69, 9.17) is 0 Å². The van der Waals surface area contributed by atoms with Gasteiger partial charge in [0.25, 0.3) is 0 Å². The molecule has 0 aliphatic rings. The minimum atomic E-state index is 0.973. The van der Waals surface area contributed by atoms with Crippen LogP contribution in [0.2, 0.25) is 0 Å². The summed E-state index contributed by atoms with van der Waals surface area (Å²) in [7, 11) is 1.92. The molecule has 0 atom stereocenters. The second kappa shape index (κ2) is 3.95. The van der Waals surface area contributed by atoms with Crippen LogP contribution >= 0.6 is 0 Å². The van der Waals surface area contributed by atoms with Gasteiger partial charge in [0.1, 0.15) is 0 Å². The molecule has 18 heavy (non-hydrogen) atoms. The molecule has 0 unspecified atom stereocenters. The maximum Gasteiger partial charge on any atom is 0.0739 e. The van der Waals surface area contributed by atoms with E-state index in [1.807, 2.05) is 25.6 Å². The molecular weight excluding hydrogens is 222 g/mol. The van der Waals surface area contributed by atoms with Crippen LogP contribution in [0.5, 0.6) is 0 Å². The van der Waals surface area contributed by atoms with Gasteiger partial charge in [0.05, 0.1) is 11.9 Å². The van der Waals surface area contributed by atoms with Crippen LogP contribution in [-0.2, 0) is 7.05 Å². The van der Waals surface area contributed by atoms with Crippen molar-refractivity contribution in [3.05, 3.63) is 47.9 Å². The van der Waals surface area contributed by atoms with E-state index in [1.54, 1.807) is 4.68 Å². The average molecular weight is 237 g/mol. The monoisotopic (exact) mass is 237 g/mol. The molecule has 2 aromatic heterocycles. The maximum absolute atomic E-state index is 4.53. The summed E-state index contributed by atoms with van der Waals surface area (Å²) >= 11 is 0. The molecule has 0 spiro atoms. The van der Waals surface area contributed by atoms with Crippen molar-refractivity contribution in [1.82, 2.24) is 14.8 Å². The number of fused-ring (bicyclic) bond motifs is 1. The highest BCUT2D eigenvalue weighted by Crippen LogP contribution is 2.24. The summed E-state index contributed by atoms with van der Waals surface area (Å²) in [4.78, 5) is 4.53. The van der Waals surface area contributed by atoms with Gasteiger partial charge in [0, 0.05) is 30.4 Å². The Morgan fingerprint density at radius 3 is 2.61 bits per heavy atom. The molecule has 3 aromatic rings. The Hall–Kier alpha value is -2.16. The molecule has 0 saturated carbocycles. The number of nitrogens with zero attached hydrogens (tertiary/aromatic N) is 3. The second-order valence-electron chi connectivity index (χ2n) is 4.78. The average Bonchev–Trinajstić information content (AvgIpc) is 2.75. The van der Waals surface area contributed by atoms with Gasteiger partial charge >= 0.3 is 0 Å². The van der Waals surface area contributed by atoms with E-state index in [1.165, 1.54) is 21.9 Å². The third-order valence-electron chi connectivity index (χ3n) is 3.19. The fourth-order valence-corrected chi connectivity index (χ4v) is 2.34. The van der Waals surface area contributed by atoms with E-state index in [2.05, 4.69) is 42.1 Å². The Balaban J connectivity index is 2.22. The standard InChI is InChI=1S/C15H15N3/c1-10-4-11(2)14-8-16-15(6-12(14)5-10)13-7-17-18(3)9-13/h4-9H,1-3H3. The highest BCUT2D eigenvalue weighted by atomic mass is 15.2. The molecule has 3 nitrogen and oxygen atoms in total. The van der Waals surface area contributed by atoms with Gasteiger partial charge in [-0.3, -0.25) is 9.67 Å². The third-order valence-corrected chi connectivity index (χ3v) is 3.19. The summed E-state index contributed by atoms with van der Waals surface area (Å²) in [6.45, 7) is 4.25. The van der Waals surface area contributed by atoms with E-state index in [0.29, 0.717) is 0 Å². The molecule has 3 rings (SSSR count). The predicted molar refractivity (Wildman–Crippen MR) is 73.4 cm³/mol. The van der Waals surface area contributed by atoms with Crippen LogP contribution in [0.4, 0.5) is 0 Å². The molecule has 0 aliphatic carbocycles. The van der Waals surface area contributed by atoms with E-state index >= 15 is 0 Å². The first kappa shape index (κ1) is 11.0. The summed E-state index contributed by atoms with van der Waals surface area (Å²) in [5.74, 6) is 0. The van der Waals surface area contributed by atoms with Gasteiger partial charge in [0.15, 0.2) is 0 Å². The van der Waals surface area contributed by atoms with Crippen molar-refractivity contribution in [3.8, 4) is 11.3 Å². The number of rotatable bonds is 1. The van der Waals surface area contributed by atoms with Gasteiger partial charge < -0.3 is 0 Å². The Morgan fingerprint density at radius 2 is 1.89 bits per heavy atom. The quantitative estimate of drug-likeness (QED) is 0.650. The highest BCUT2D eigenvalue weighted by Gasteiger charge is 2.05. The summed E-state index contributed by atoms with van der Waals surface area (Å²) in [5.41, 5.74) is 4.58. The third kappa shape index (κ3) is 1.78. The molecule has 90 valence electrons. The summed E-state index contributed by atoms with van der Waals surface area (Å²) < 4.78 is 1.79. The van der Waals surface area contributed by atoms with Crippen molar-refractivity contribution in [3.63, 3.8) is 0 Å². The van der Waals surface area contributed by atoms with E-state index in [-0.39, 0.29) is 0 Å². The minimum absolute atomic E-state index is 0.973. The molecule has 0 saturated heterocycles. The number of hydrogen-bond acceptors (Lipinski definition) is 2. The van der Waals surface area contributed by atoms with Gasteiger partial charge in [-0.15, -0.1) is 0 Å². The van der Waals surface area contributed by atoms with Gasteiger partial charge in [-0.25, -0.2) is 0 Å². The van der Waals surface area contributed by atoms with Crippen molar-refractivity contribution in [2.75, 3.05) is 0 Å². The van der Waals surface area contributed by atoms with Gasteiger partial charge in [-0.05, 0) is 30.9 Å². The molecule has 0 fully saturated rings. The SMILES string of the molecule is Cc1cc(C)c2cnc(-c3cnn(C)c3)cc2c1. The number of aryl methyl sites for hydroxylation is 3. The lowest BCUT2D eigenvalue weighted by Gasteiger charge is -2.05.